The third-order valence-corrected chi connectivity index (χ3v) is 3.72. The smallest absolute Gasteiger partial charge is 0.258 e. The Morgan fingerprint density at radius 3 is 2.58 bits per heavy atom. The number of Topliss-reactive ketones (excluding diaryl/α,β-unsaturated/α-hetero) is 1. The summed E-state index contributed by atoms with van der Waals surface area (Å²) < 4.78 is 7.40. The van der Waals surface area contributed by atoms with Crippen LogP contribution in [0.2, 0.25) is 0 Å². The van der Waals surface area contributed by atoms with Gasteiger partial charge in [0.25, 0.3) is 5.91 Å². The van der Waals surface area contributed by atoms with Gasteiger partial charge >= 0.3 is 0 Å². The molecule has 0 saturated carbocycles. The van der Waals surface area contributed by atoms with E-state index in [-0.39, 0.29) is 24.3 Å². The molecule has 2 aromatic rings. The van der Waals surface area contributed by atoms with Crippen LogP contribution in [0, 0.1) is 0 Å². The summed E-state index contributed by atoms with van der Waals surface area (Å²) in [5, 5.41) is 2.95. The second-order valence-electron chi connectivity index (χ2n) is 5.52. The molecule has 0 bridgehead atoms. The Morgan fingerprint density at radius 1 is 1.25 bits per heavy atom. The Labute approximate surface area is 141 Å². The molecule has 6 nitrogen and oxygen atoms in total. The Morgan fingerprint density at radius 2 is 2.00 bits per heavy atom. The summed E-state index contributed by atoms with van der Waals surface area (Å²) in [6, 6.07) is 6.87. The van der Waals surface area contributed by atoms with Gasteiger partial charge in [-0.3, -0.25) is 9.59 Å². The molecule has 1 atom stereocenters. The van der Waals surface area contributed by atoms with Gasteiger partial charge in [0.1, 0.15) is 5.75 Å². The molecule has 0 radical (unpaired) electrons. The predicted octanol–water partition coefficient (Wildman–Crippen LogP) is 2.45. The van der Waals surface area contributed by atoms with Crippen LogP contribution in [-0.2, 0) is 11.3 Å². The van der Waals surface area contributed by atoms with Crippen LogP contribution in [0.3, 0.4) is 0 Å². The molecule has 6 heteroatoms. The van der Waals surface area contributed by atoms with E-state index in [1.807, 2.05) is 24.6 Å². The van der Waals surface area contributed by atoms with E-state index in [1.54, 1.807) is 36.8 Å². The molecule has 24 heavy (non-hydrogen) atoms. The van der Waals surface area contributed by atoms with Crippen molar-refractivity contribution in [1.82, 2.24) is 14.9 Å². The molecule has 2 rings (SSSR count). The van der Waals surface area contributed by atoms with Gasteiger partial charge in [0, 0.05) is 37.0 Å². The highest BCUT2D eigenvalue weighted by Gasteiger charge is 2.12. The molecule has 0 aliphatic heterocycles. The largest absolute Gasteiger partial charge is 0.484 e. The van der Waals surface area contributed by atoms with Crippen molar-refractivity contribution in [3.63, 3.8) is 0 Å². The Kier molecular flexibility index (Phi) is 6.54. The molecule has 1 aromatic carbocycles. The molecule has 1 N–H and O–H groups in total. The van der Waals surface area contributed by atoms with Gasteiger partial charge < -0.3 is 14.6 Å². The van der Waals surface area contributed by atoms with Crippen molar-refractivity contribution < 1.29 is 14.3 Å². The van der Waals surface area contributed by atoms with Crippen LogP contribution in [0.15, 0.2) is 43.0 Å². The van der Waals surface area contributed by atoms with E-state index < -0.39 is 0 Å². The van der Waals surface area contributed by atoms with Crippen LogP contribution in [-0.4, -0.2) is 33.9 Å². The maximum atomic E-state index is 12.0. The summed E-state index contributed by atoms with van der Waals surface area (Å²) in [6.45, 7) is 4.47. The molecular weight excluding hydrogens is 306 g/mol. The van der Waals surface area contributed by atoms with Crippen molar-refractivity contribution in [2.75, 3.05) is 6.61 Å². The van der Waals surface area contributed by atoms with E-state index in [2.05, 4.69) is 10.3 Å². The minimum Gasteiger partial charge on any atom is -0.484 e. The van der Waals surface area contributed by atoms with Crippen LogP contribution in [0.25, 0.3) is 0 Å². The standard InChI is InChI=1S/C18H23N3O3/c1-3-15(11-21-10-9-19-13-21)20-18(23)12-24-16-7-5-14(6-8-16)17(22)4-2/h5-10,13,15H,3-4,11-12H2,1-2H3,(H,20,23)/t15-/m0/s1. The van der Waals surface area contributed by atoms with E-state index in [4.69, 9.17) is 4.74 Å². The fourth-order valence-corrected chi connectivity index (χ4v) is 2.29. The number of carbonyl (C=O) groups is 2. The molecule has 1 heterocycles. The van der Waals surface area contributed by atoms with Crippen molar-refractivity contribution in [3.8, 4) is 5.75 Å². The lowest BCUT2D eigenvalue weighted by molar-refractivity contribution is -0.123. The second-order valence-corrected chi connectivity index (χ2v) is 5.52. The number of nitrogens with one attached hydrogen (secondary N) is 1. The minimum absolute atomic E-state index is 0.0276. The first-order valence-corrected chi connectivity index (χ1v) is 8.13. The first kappa shape index (κ1) is 17.7. The van der Waals surface area contributed by atoms with Crippen LogP contribution in [0.4, 0.5) is 0 Å². The van der Waals surface area contributed by atoms with E-state index in [0.717, 1.165) is 6.42 Å². The molecule has 0 aliphatic rings. The van der Waals surface area contributed by atoms with Crippen LogP contribution >= 0.6 is 0 Å². The number of ether oxygens (including phenoxy) is 1. The second kappa shape index (κ2) is 8.86. The number of imidazole rings is 1. The number of rotatable bonds is 9. The quantitative estimate of drug-likeness (QED) is 0.717. The van der Waals surface area contributed by atoms with Crippen molar-refractivity contribution in [2.24, 2.45) is 0 Å². The molecule has 0 aliphatic carbocycles. The predicted molar refractivity (Wildman–Crippen MR) is 91.0 cm³/mol. The maximum Gasteiger partial charge on any atom is 0.258 e. The maximum absolute atomic E-state index is 12.0. The zero-order valence-corrected chi connectivity index (χ0v) is 14.1. The van der Waals surface area contributed by atoms with E-state index in [1.165, 1.54) is 0 Å². The first-order valence-electron chi connectivity index (χ1n) is 8.13. The Balaban J connectivity index is 1.80. The van der Waals surface area contributed by atoms with Gasteiger partial charge in [-0.25, -0.2) is 4.98 Å². The summed E-state index contributed by atoms with van der Waals surface area (Å²) in [4.78, 5) is 27.6. The number of hydrogen-bond donors (Lipinski definition) is 1. The van der Waals surface area contributed by atoms with Gasteiger partial charge in [-0.1, -0.05) is 13.8 Å². The van der Waals surface area contributed by atoms with Gasteiger partial charge in [-0.05, 0) is 30.7 Å². The SMILES string of the molecule is CCC(=O)c1ccc(OCC(=O)N[C@@H](CC)Cn2ccnc2)cc1. The molecule has 0 unspecified atom stereocenters. The molecule has 1 amide bonds. The average molecular weight is 329 g/mol. The highest BCUT2D eigenvalue weighted by atomic mass is 16.5. The summed E-state index contributed by atoms with van der Waals surface area (Å²) in [7, 11) is 0. The number of ketones is 1. The van der Waals surface area contributed by atoms with Gasteiger partial charge in [-0.2, -0.15) is 0 Å². The fraction of sp³-hybridized carbons (Fsp3) is 0.389. The number of hydrogen-bond acceptors (Lipinski definition) is 4. The third kappa shape index (κ3) is 5.22. The zero-order chi connectivity index (χ0) is 17.4. The van der Waals surface area contributed by atoms with Crippen LogP contribution in [0.5, 0.6) is 5.75 Å². The summed E-state index contributed by atoms with van der Waals surface area (Å²) in [6.07, 6.45) is 6.59. The lowest BCUT2D eigenvalue weighted by Gasteiger charge is -2.17. The lowest BCUT2D eigenvalue weighted by Crippen LogP contribution is -2.39. The monoisotopic (exact) mass is 329 g/mol. The molecule has 0 fully saturated rings. The van der Waals surface area contributed by atoms with Crippen molar-refractivity contribution in [1.29, 1.82) is 0 Å². The van der Waals surface area contributed by atoms with Crippen LogP contribution in [0.1, 0.15) is 37.0 Å². The van der Waals surface area contributed by atoms with Gasteiger partial charge in [-0.15, -0.1) is 0 Å². The van der Waals surface area contributed by atoms with Crippen molar-refractivity contribution >= 4 is 11.7 Å². The highest BCUT2D eigenvalue weighted by Crippen LogP contribution is 2.13. The van der Waals surface area contributed by atoms with Crippen molar-refractivity contribution in [2.45, 2.75) is 39.3 Å². The number of benzene rings is 1. The first-order chi connectivity index (χ1) is 11.6. The van der Waals surface area contributed by atoms with Crippen LogP contribution < -0.4 is 10.1 Å². The normalized spacial score (nSPS) is 11.8. The molecule has 128 valence electrons. The van der Waals surface area contributed by atoms with E-state index in [9.17, 15) is 9.59 Å². The molecule has 0 saturated heterocycles. The average Bonchev–Trinajstić information content (AvgIpc) is 3.12. The number of nitrogens with zero attached hydrogens (tertiary/aromatic N) is 2. The Hall–Kier alpha value is -2.63. The Bertz CT molecular complexity index is 651. The number of amides is 1. The summed E-state index contributed by atoms with van der Waals surface area (Å²) in [5.41, 5.74) is 0.653. The minimum atomic E-state index is -0.171. The fourth-order valence-electron chi connectivity index (χ4n) is 2.29. The zero-order valence-electron chi connectivity index (χ0n) is 14.1. The topological polar surface area (TPSA) is 73.2 Å². The molecule has 0 spiro atoms. The summed E-state index contributed by atoms with van der Waals surface area (Å²) in [5.74, 6) is 0.487. The number of carbonyl (C=O) groups excluding carboxylic acids is 2. The van der Waals surface area contributed by atoms with Gasteiger partial charge in [0.15, 0.2) is 12.4 Å². The van der Waals surface area contributed by atoms with E-state index in [0.29, 0.717) is 24.3 Å². The van der Waals surface area contributed by atoms with Gasteiger partial charge in [0.05, 0.1) is 6.33 Å². The third-order valence-electron chi connectivity index (χ3n) is 3.72. The number of aromatic nitrogens is 2. The molecular formula is C18H23N3O3. The van der Waals surface area contributed by atoms with E-state index >= 15 is 0 Å². The summed E-state index contributed by atoms with van der Waals surface area (Å²) >= 11 is 0. The lowest BCUT2D eigenvalue weighted by atomic mass is 10.1. The highest BCUT2D eigenvalue weighted by molar-refractivity contribution is 5.95. The molecule has 1 aromatic heterocycles. The van der Waals surface area contributed by atoms with Gasteiger partial charge in [0.2, 0.25) is 0 Å². The van der Waals surface area contributed by atoms with Crippen molar-refractivity contribution in [3.05, 3.63) is 48.5 Å².